The fraction of sp³-hybridized carbons (Fsp3) is 0.115. The van der Waals surface area contributed by atoms with Crippen LogP contribution in [0.5, 0.6) is 5.75 Å². The van der Waals surface area contributed by atoms with E-state index in [1.54, 1.807) is 13.2 Å². The first-order chi connectivity index (χ1) is 16.6. The molecule has 172 valence electrons. The Kier molecular flexibility index (Phi) is 7.19. The summed E-state index contributed by atoms with van der Waals surface area (Å²) >= 11 is 0. The summed E-state index contributed by atoms with van der Waals surface area (Å²) in [4.78, 5) is 13.1. The number of pyridine rings is 1. The van der Waals surface area contributed by atoms with Gasteiger partial charge in [0.25, 0.3) is 0 Å². The molecule has 1 aliphatic carbocycles. The van der Waals surface area contributed by atoms with E-state index in [0.717, 1.165) is 22.8 Å². The number of oxazole rings is 1. The number of aliphatic imine (C=N–C) groups is 1. The zero-order valence-corrected chi connectivity index (χ0v) is 19.0. The van der Waals surface area contributed by atoms with Gasteiger partial charge in [0.1, 0.15) is 17.3 Å². The van der Waals surface area contributed by atoms with Gasteiger partial charge in [0.05, 0.1) is 0 Å². The molecular weight excluding hydrogens is 428 g/mol. The monoisotopic (exact) mass is 454 g/mol. The normalized spacial score (nSPS) is 14.9. The van der Waals surface area contributed by atoms with Crippen LogP contribution in [0.3, 0.4) is 0 Å². The van der Waals surface area contributed by atoms with Crippen molar-refractivity contribution in [3.8, 4) is 5.75 Å². The molecule has 0 fully saturated rings. The fourth-order valence-electron chi connectivity index (χ4n) is 3.18. The van der Waals surface area contributed by atoms with Gasteiger partial charge >= 0.3 is 0 Å². The van der Waals surface area contributed by atoms with E-state index in [9.17, 15) is 0 Å². The van der Waals surface area contributed by atoms with E-state index in [2.05, 4.69) is 25.6 Å². The number of nitrogens with zero attached hydrogens (tertiary/aromatic N) is 3. The van der Waals surface area contributed by atoms with Gasteiger partial charge in [0.15, 0.2) is 17.2 Å². The van der Waals surface area contributed by atoms with Crippen LogP contribution in [0.4, 0.5) is 0 Å². The summed E-state index contributed by atoms with van der Waals surface area (Å²) in [5, 5.41) is 6.20. The highest BCUT2D eigenvalue weighted by Crippen LogP contribution is 2.21. The molecular formula is C26H26N6O2. The number of para-hydroxylation sites is 1. The number of nitrogens with one attached hydrogen (secondary N) is 2. The van der Waals surface area contributed by atoms with E-state index < -0.39 is 0 Å². The molecule has 0 saturated heterocycles. The Bertz CT molecular complexity index is 1300. The average Bonchev–Trinajstić information content (AvgIpc) is 3.17. The number of nitrogens with two attached hydrogens (primary N) is 1. The second kappa shape index (κ2) is 10.8. The molecule has 2 heterocycles. The quantitative estimate of drug-likeness (QED) is 0.276. The Morgan fingerprint density at radius 1 is 1.18 bits per heavy atom. The van der Waals surface area contributed by atoms with Gasteiger partial charge < -0.3 is 25.5 Å². The second-order valence-electron chi connectivity index (χ2n) is 7.27. The lowest BCUT2D eigenvalue weighted by Crippen LogP contribution is -2.31. The van der Waals surface area contributed by atoms with Gasteiger partial charge in [-0.25, -0.2) is 4.98 Å². The van der Waals surface area contributed by atoms with Gasteiger partial charge in [-0.05, 0) is 55.5 Å². The third kappa shape index (κ3) is 5.80. The molecule has 1 aromatic carbocycles. The van der Waals surface area contributed by atoms with Crippen molar-refractivity contribution < 1.29 is 9.15 Å². The summed E-state index contributed by atoms with van der Waals surface area (Å²) in [5.41, 5.74) is 8.99. The predicted molar refractivity (Wildman–Crippen MR) is 134 cm³/mol. The largest absolute Gasteiger partial charge is 0.457 e. The number of hydrogen-bond acceptors (Lipinski definition) is 6. The molecule has 2 aromatic heterocycles. The molecule has 8 heteroatoms. The van der Waals surface area contributed by atoms with Crippen LogP contribution in [0.15, 0.2) is 112 Å². The molecule has 0 spiro atoms. The molecule has 4 rings (SSSR count). The van der Waals surface area contributed by atoms with E-state index >= 15 is 0 Å². The number of rotatable bonds is 7. The van der Waals surface area contributed by atoms with Crippen LogP contribution in [-0.4, -0.2) is 23.0 Å². The Morgan fingerprint density at radius 3 is 2.79 bits per heavy atom. The summed E-state index contributed by atoms with van der Waals surface area (Å²) < 4.78 is 11.7. The average molecular weight is 455 g/mol. The zero-order chi connectivity index (χ0) is 23.8. The maximum atomic E-state index is 6.18. The summed E-state index contributed by atoms with van der Waals surface area (Å²) in [6.45, 7) is 1.90. The van der Waals surface area contributed by atoms with Crippen LogP contribution < -0.4 is 21.1 Å². The van der Waals surface area contributed by atoms with E-state index in [-0.39, 0.29) is 5.96 Å². The molecule has 0 atom stereocenters. The highest BCUT2D eigenvalue weighted by atomic mass is 16.5. The maximum Gasteiger partial charge on any atom is 0.228 e. The van der Waals surface area contributed by atoms with Crippen molar-refractivity contribution in [2.45, 2.75) is 13.3 Å². The molecule has 0 radical (unpaired) electrons. The lowest BCUT2D eigenvalue weighted by atomic mass is 10.2. The first-order valence-corrected chi connectivity index (χ1v) is 10.8. The van der Waals surface area contributed by atoms with Crippen molar-refractivity contribution >= 4 is 22.8 Å². The molecule has 34 heavy (non-hydrogen) atoms. The van der Waals surface area contributed by atoms with Crippen molar-refractivity contribution in [2.75, 3.05) is 7.05 Å². The summed E-state index contributed by atoms with van der Waals surface area (Å²) in [7, 11) is 1.77. The van der Waals surface area contributed by atoms with Gasteiger partial charge in [0.2, 0.25) is 5.89 Å². The summed E-state index contributed by atoms with van der Waals surface area (Å²) in [5.74, 6) is 2.76. The minimum absolute atomic E-state index is 0.246. The highest BCUT2D eigenvalue weighted by molar-refractivity contribution is 5.82. The van der Waals surface area contributed by atoms with Gasteiger partial charge in [-0.2, -0.15) is 9.98 Å². The first-order valence-electron chi connectivity index (χ1n) is 10.8. The topological polar surface area (TPSA) is 111 Å². The Morgan fingerprint density at radius 2 is 2.03 bits per heavy atom. The molecule has 1 aliphatic rings. The minimum Gasteiger partial charge on any atom is -0.457 e. The van der Waals surface area contributed by atoms with Crippen molar-refractivity contribution in [1.82, 2.24) is 20.6 Å². The number of fused-ring (bicyclic) bond motifs is 1. The summed E-state index contributed by atoms with van der Waals surface area (Å²) in [6.07, 6.45) is 13.8. The first kappa shape index (κ1) is 22.6. The maximum absolute atomic E-state index is 6.18. The summed E-state index contributed by atoms with van der Waals surface area (Å²) in [6, 6.07) is 13.3. The van der Waals surface area contributed by atoms with Crippen LogP contribution in [0.1, 0.15) is 19.2 Å². The van der Waals surface area contributed by atoms with Crippen LogP contribution in [0.2, 0.25) is 0 Å². The van der Waals surface area contributed by atoms with E-state index in [0.29, 0.717) is 29.4 Å². The van der Waals surface area contributed by atoms with Crippen molar-refractivity contribution in [2.24, 2.45) is 10.7 Å². The van der Waals surface area contributed by atoms with Crippen molar-refractivity contribution in [3.63, 3.8) is 0 Å². The molecule has 0 aliphatic heterocycles. The van der Waals surface area contributed by atoms with Gasteiger partial charge in [-0.3, -0.25) is 0 Å². The highest BCUT2D eigenvalue weighted by Gasteiger charge is 2.10. The molecule has 4 N–H and O–H groups in total. The van der Waals surface area contributed by atoms with Gasteiger partial charge in [-0.15, -0.1) is 0 Å². The number of ether oxygens (including phenoxy) is 1. The van der Waals surface area contributed by atoms with Crippen molar-refractivity contribution in [1.29, 1.82) is 0 Å². The number of aromatic nitrogens is 2. The predicted octanol–water partition coefficient (Wildman–Crippen LogP) is 4.40. The minimum atomic E-state index is 0.246. The molecule has 8 nitrogen and oxygen atoms in total. The molecule has 0 saturated carbocycles. The number of benzene rings is 1. The van der Waals surface area contributed by atoms with Gasteiger partial charge in [0, 0.05) is 30.9 Å². The van der Waals surface area contributed by atoms with E-state index in [1.165, 1.54) is 0 Å². The lowest BCUT2D eigenvalue weighted by molar-refractivity contribution is 0.444. The van der Waals surface area contributed by atoms with Crippen LogP contribution >= 0.6 is 0 Å². The second-order valence-corrected chi connectivity index (χ2v) is 7.27. The van der Waals surface area contributed by atoms with Gasteiger partial charge in [-0.1, -0.05) is 30.4 Å². The Balaban J connectivity index is 1.47. The standard InChI is InChI=1S/C26H26N6O2/c1-3-18(25-32-24-22(34-25)13-8-16-29-24)17-23(28-2)31-26(27)30-19-9-7-12-21(15-14-19)33-20-10-5-4-6-11-20/h3-8,10-17,28H,9H2,1-2H3,(H3,27,30,31)/b18-3+,23-17+. The van der Waals surface area contributed by atoms with Crippen LogP contribution in [0, 0.1) is 0 Å². The molecule has 0 bridgehead atoms. The lowest BCUT2D eigenvalue weighted by Gasteiger charge is -2.09. The Hall–Kier alpha value is -4.59. The number of guanidine groups is 1. The number of allylic oxidation sites excluding steroid dienone is 7. The molecule has 0 amide bonds. The zero-order valence-electron chi connectivity index (χ0n) is 19.0. The third-order valence-electron chi connectivity index (χ3n) is 4.85. The SMILES string of the molecule is C\C=C(/C=C(/N=C(/N)NC1=CC=C(Oc2ccccc2)C=CC1)NC)c1nc2ncccc2o1. The van der Waals surface area contributed by atoms with Crippen LogP contribution in [0.25, 0.3) is 16.8 Å². The van der Waals surface area contributed by atoms with E-state index in [1.807, 2.05) is 85.8 Å². The smallest absolute Gasteiger partial charge is 0.228 e. The molecule has 3 aromatic rings. The third-order valence-corrected chi connectivity index (χ3v) is 4.85. The van der Waals surface area contributed by atoms with E-state index in [4.69, 9.17) is 14.9 Å². The number of hydrogen-bond donors (Lipinski definition) is 3. The fourth-order valence-corrected chi connectivity index (χ4v) is 3.18. The van der Waals surface area contributed by atoms with Crippen molar-refractivity contribution in [3.05, 3.63) is 108 Å². The Labute approximate surface area is 198 Å². The van der Waals surface area contributed by atoms with Crippen LogP contribution in [-0.2, 0) is 0 Å². The molecule has 0 unspecified atom stereocenters.